The fraction of sp³-hybridized carbons (Fsp3) is 0.381. The molecule has 2 amide bonds. The average molecular weight is 395 g/mol. The maximum Gasteiger partial charge on any atom is 0.235 e. The highest BCUT2D eigenvalue weighted by Gasteiger charge is 2.67. The molecule has 1 aromatic carbocycles. The standard InChI is InChI=1S/C21H21N3O5/c1-12-9-16(23-29-12)24-11-21-8-7-15(28-21)17(18(21)20(24)26)19(25)22-10-13-3-5-14(27-2)6-4-13/h3-9,15,17-18H,10-11H2,1-2H3,(H,22,25)/t15?,17?,18?,21-/m0/s1. The van der Waals surface area contributed by atoms with Gasteiger partial charge in [-0.3, -0.25) is 14.5 Å². The van der Waals surface area contributed by atoms with E-state index in [1.54, 1.807) is 25.0 Å². The Hall–Kier alpha value is -3.13. The zero-order valence-corrected chi connectivity index (χ0v) is 16.1. The van der Waals surface area contributed by atoms with Crippen molar-refractivity contribution >= 4 is 17.6 Å². The van der Waals surface area contributed by atoms with E-state index in [4.69, 9.17) is 14.0 Å². The van der Waals surface area contributed by atoms with Crippen LogP contribution in [-0.2, 0) is 20.9 Å². The van der Waals surface area contributed by atoms with Crippen molar-refractivity contribution in [1.82, 2.24) is 10.5 Å². The number of carbonyl (C=O) groups excluding carboxylic acids is 2. The number of rotatable bonds is 5. The number of nitrogens with zero attached hydrogens (tertiary/aromatic N) is 2. The minimum atomic E-state index is -0.781. The number of carbonyl (C=O) groups is 2. The number of aromatic nitrogens is 1. The van der Waals surface area contributed by atoms with Crippen molar-refractivity contribution in [3.05, 3.63) is 53.8 Å². The molecule has 3 unspecified atom stereocenters. The molecule has 2 aromatic rings. The van der Waals surface area contributed by atoms with Crippen LogP contribution in [0.2, 0.25) is 0 Å². The quantitative estimate of drug-likeness (QED) is 0.773. The molecule has 150 valence electrons. The fourth-order valence-electron chi connectivity index (χ4n) is 4.52. The number of anilines is 1. The van der Waals surface area contributed by atoms with Gasteiger partial charge in [-0.15, -0.1) is 0 Å². The van der Waals surface area contributed by atoms with E-state index in [0.29, 0.717) is 24.7 Å². The number of nitrogens with one attached hydrogen (secondary N) is 1. The molecule has 29 heavy (non-hydrogen) atoms. The van der Waals surface area contributed by atoms with Crippen molar-refractivity contribution in [1.29, 1.82) is 0 Å². The van der Waals surface area contributed by atoms with Crippen molar-refractivity contribution in [2.24, 2.45) is 11.8 Å². The number of fused-ring (bicyclic) bond motifs is 1. The molecule has 1 N–H and O–H groups in total. The van der Waals surface area contributed by atoms with Gasteiger partial charge >= 0.3 is 0 Å². The van der Waals surface area contributed by atoms with Gasteiger partial charge in [0.25, 0.3) is 0 Å². The summed E-state index contributed by atoms with van der Waals surface area (Å²) in [6.07, 6.45) is 3.42. The molecule has 2 bridgehead atoms. The SMILES string of the molecule is COc1ccc(CNC(=O)C2C3C=C[C@@]4(CN(c5cc(C)on5)C(=O)C24)O3)cc1. The van der Waals surface area contributed by atoms with Gasteiger partial charge in [-0.25, -0.2) is 0 Å². The third-order valence-electron chi connectivity index (χ3n) is 5.92. The highest BCUT2D eigenvalue weighted by Crippen LogP contribution is 2.52. The van der Waals surface area contributed by atoms with E-state index in [-0.39, 0.29) is 17.9 Å². The zero-order valence-electron chi connectivity index (χ0n) is 16.1. The third kappa shape index (κ3) is 2.74. The van der Waals surface area contributed by atoms with Crippen LogP contribution in [0, 0.1) is 18.8 Å². The third-order valence-corrected chi connectivity index (χ3v) is 5.92. The summed E-state index contributed by atoms with van der Waals surface area (Å²) < 4.78 is 16.4. The summed E-state index contributed by atoms with van der Waals surface area (Å²) in [5.74, 6) is 0.358. The lowest BCUT2D eigenvalue weighted by atomic mass is 9.77. The Bertz CT molecular complexity index is 998. The molecule has 0 aliphatic carbocycles. The normalized spacial score (nSPS) is 29.4. The van der Waals surface area contributed by atoms with Crippen molar-refractivity contribution < 1.29 is 23.6 Å². The van der Waals surface area contributed by atoms with E-state index in [1.165, 1.54) is 0 Å². The first kappa shape index (κ1) is 17.9. The zero-order chi connectivity index (χ0) is 20.2. The summed E-state index contributed by atoms with van der Waals surface area (Å²) in [7, 11) is 1.61. The number of aryl methyl sites for hydroxylation is 1. The monoisotopic (exact) mass is 395 g/mol. The Balaban J connectivity index is 1.33. The molecule has 8 heteroatoms. The van der Waals surface area contributed by atoms with E-state index in [9.17, 15) is 9.59 Å². The number of methoxy groups -OCH3 is 1. The Morgan fingerprint density at radius 2 is 2.17 bits per heavy atom. The summed E-state index contributed by atoms with van der Waals surface area (Å²) in [6.45, 7) is 2.47. The number of amides is 2. The van der Waals surface area contributed by atoms with Crippen molar-refractivity contribution in [3.8, 4) is 5.75 Å². The molecular formula is C21H21N3O5. The predicted octanol–water partition coefficient (Wildman–Crippen LogP) is 1.59. The Labute approximate surface area is 167 Å². The molecule has 8 nitrogen and oxygen atoms in total. The number of benzene rings is 1. The first-order valence-corrected chi connectivity index (χ1v) is 9.53. The molecule has 3 aliphatic rings. The van der Waals surface area contributed by atoms with Gasteiger partial charge in [0.2, 0.25) is 11.8 Å². The van der Waals surface area contributed by atoms with Gasteiger partial charge in [-0.05, 0) is 24.6 Å². The Morgan fingerprint density at radius 1 is 1.38 bits per heavy atom. The molecule has 3 aliphatic heterocycles. The second-order valence-electron chi connectivity index (χ2n) is 7.69. The van der Waals surface area contributed by atoms with Crippen LogP contribution >= 0.6 is 0 Å². The second-order valence-corrected chi connectivity index (χ2v) is 7.69. The van der Waals surface area contributed by atoms with Gasteiger partial charge in [0.05, 0.1) is 31.6 Å². The molecule has 5 rings (SSSR count). The molecule has 1 aromatic heterocycles. The highest BCUT2D eigenvalue weighted by atomic mass is 16.5. The first-order valence-electron chi connectivity index (χ1n) is 9.53. The van der Waals surface area contributed by atoms with Crippen LogP contribution < -0.4 is 15.0 Å². The van der Waals surface area contributed by atoms with Gasteiger partial charge < -0.3 is 19.3 Å². The molecule has 0 radical (unpaired) electrons. The molecule has 4 atom stereocenters. The maximum absolute atomic E-state index is 13.2. The van der Waals surface area contributed by atoms with E-state index in [1.807, 2.05) is 36.4 Å². The van der Waals surface area contributed by atoms with E-state index >= 15 is 0 Å². The maximum atomic E-state index is 13.2. The minimum absolute atomic E-state index is 0.158. The molecule has 4 heterocycles. The van der Waals surface area contributed by atoms with Crippen LogP contribution in [0.5, 0.6) is 5.75 Å². The number of ether oxygens (including phenoxy) is 2. The summed E-state index contributed by atoms with van der Waals surface area (Å²) in [4.78, 5) is 27.7. The van der Waals surface area contributed by atoms with Crippen molar-refractivity contribution in [2.75, 3.05) is 18.6 Å². The average Bonchev–Trinajstić information content (AvgIpc) is 3.47. The summed E-state index contributed by atoms with van der Waals surface area (Å²) >= 11 is 0. The molecule has 1 spiro atoms. The van der Waals surface area contributed by atoms with Gasteiger partial charge in [0.15, 0.2) is 5.82 Å². The van der Waals surface area contributed by atoms with Crippen LogP contribution in [0.3, 0.4) is 0 Å². The second kappa shape index (κ2) is 6.45. The lowest BCUT2D eigenvalue weighted by Gasteiger charge is -2.23. The smallest absolute Gasteiger partial charge is 0.235 e. The van der Waals surface area contributed by atoms with Crippen LogP contribution in [0.4, 0.5) is 5.82 Å². The van der Waals surface area contributed by atoms with Gasteiger partial charge in [-0.2, -0.15) is 0 Å². The summed E-state index contributed by atoms with van der Waals surface area (Å²) in [5, 5.41) is 6.91. The topological polar surface area (TPSA) is 93.9 Å². The lowest BCUT2D eigenvalue weighted by Crippen LogP contribution is -2.44. The summed E-state index contributed by atoms with van der Waals surface area (Å²) in [6, 6.07) is 9.20. The summed E-state index contributed by atoms with van der Waals surface area (Å²) in [5.41, 5.74) is 0.169. The van der Waals surface area contributed by atoms with Crippen molar-refractivity contribution in [3.63, 3.8) is 0 Å². The van der Waals surface area contributed by atoms with Crippen molar-refractivity contribution in [2.45, 2.75) is 25.2 Å². The number of hydrogen-bond donors (Lipinski definition) is 1. The van der Waals surface area contributed by atoms with Gasteiger partial charge in [0, 0.05) is 12.6 Å². The van der Waals surface area contributed by atoms with Gasteiger partial charge in [-0.1, -0.05) is 29.4 Å². The van der Waals surface area contributed by atoms with Crippen LogP contribution in [-0.4, -0.2) is 42.3 Å². The largest absolute Gasteiger partial charge is 0.497 e. The van der Waals surface area contributed by atoms with Crippen LogP contribution in [0.15, 0.2) is 47.0 Å². The highest BCUT2D eigenvalue weighted by molar-refractivity contribution is 6.02. The van der Waals surface area contributed by atoms with Crippen LogP contribution in [0.25, 0.3) is 0 Å². The minimum Gasteiger partial charge on any atom is -0.497 e. The fourth-order valence-corrected chi connectivity index (χ4v) is 4.52. The van der Waals surface area contributed by atoms with E-state index in [0.717, 1.165) is 11.3 Å². The van der Waals surface area contributed by atoms with Crippen LogP contribution in [0.1, 0.15) is 11.3 Å². The Kier molecular flexibility index (Phi) is 3.99. The van der Waals surface area contributed by atoms with Gasteiger partial charge in [0.1, 0.15) is 17.1 Å². The number of hydrogen-bond acceptors (Lipinski definition) is 6. The Morgan fingerprint density at radius 3 is 2.86 bits per heavy atom. The van der Waals surface area contributed by atoms with E-state index in [2.05, 4.69) is 10.5 Å². The van der Waals surface area contributed by atoms with E-state index < -0.39 is 17.4 Å². The first-order chi connectivity index (χ1) is 14.0. The molecule has 2 fully saturated rings. The molecule has 2 saturated heterocycles. The molecular weight excluding hydrogens is 374 g/mol. The molecule has 0 saturated carbocycles. The predicted molar refractivity (Wildman–Crippen MR) is 102 cm³/mol. The lowest BCUT2D eigenvalue weighted by molar-refractivity contribution is -0.132.